The van der Waals surface area contributed by atoms with Gasteiger partial charge in [-0.15, -0.1) is 0 Å². The summed E-state index contributed by atoms with van der Waals surface area (Å²) >= 11 is 0. The molecule has 0 bridgehead atoms. The number of carbonyl (C=O) groups excluding carboxylic acids is 1. The van der Waals surface area contributed by atoms with Crippen LogP contribution < -0.4 is 10.2 Å². The van der Waals surface area contributed by atoms with Crippen LogP contribution in [0.3, 0.4) is 0 Å². The van der Waals surface area contributed by atoms with Gasteiger partial charge in [0.25, 0.3) is 0 Å². The van der Waals surface area contributed by atoms with E-state index in [9.17, 15) is 9.90 Å². The molecule has 2 aliphatic heterocycles. The zero-order valence-corrected chi connectivity index (χ0v) is 15.1. The molecule has 138 valence electrons. The van der Waals surface area contributed by atoms with Crippen LogP contribution in [0.4, 0.5) is 11.4 Å². The predicted molar refractivity (Wildman–Crippen MR) is 99.0 cm³/mol. The molecule has 2 N–H and O–H groups in total. The highest BCUT2D eigenvalue weighted by atomic mass is 16.5. The number of likely N-dealkylation sites (tertiary alicyclic amines) is 1. The van der Waals surface area contributed by atoms with Gasteiger partial charge in [-0.2, -0.15) is 0 Å². The highest BCUT2D eigenvalue weighted by molar-refractivity contribution is 5.92. The molecule has 6 heteroatoms. The van der Waals surface area contributed by atoms with Gasteiger partial charge in [-0.25, -0.2) is 0 Å². The molecule has 2 heterocycles. The Labute approximate surface area is 149 Å². The van der Waals surface area contributed by atoms with Crippen molar-refractivity contribution < 1.29 is 14.6 Å². The number of carbonyl (C=O) groups is 1. The minimum absolute atomic E-state index is 0.00208. The molecule has 0 aromatic heterocycles. The highest BCUT2D eigenvalue weighted by Gasteiger charge is 2.22. The van der Waals surface area contributed by atoms with E-state index in [2.05, 4.69) is 41.1 Å². The largest absolute Gasteiger partial charge is 0.393 e. The fraction of sp³-hybridized carbons (Fsp3) is 0.632. The topological polar surface area (TPSA) is 65.0 Å². The predicted octanol–water partition coefficient (Wildman–Crippen LogP) is 1.70. The van der Waals surface area contributed by atoms with Gasteiger partial charge in [-0.05, 0) is 51.0 Å². The number of aliphatic hydroxyl groups is 1. The molecule has 0 unspecified atom stereocenters. The second kappa shape index (κ2) is 8.17. The fourth-order valence-corrected chi connectivity index (χ4v) is 3.63. The number of aliphatic hydroxyl groups excluding tert-OH is 1. The van der Waals surface area contributed by atoms with E-state index in [0.717, 1.165) is 50.4 Å². The summed E-state index contributed by atoms with van der Waals surface area (Å²) in [4.78, 5) is 16.6. The molecule has 2 atom stereocenters. The van der Waals surface area contributed by atoms with Crippen molar-refractivity contribution in [1.29, 1.82) is 0 Å². The van der Waals surface area contributed by atoms with Crippen LogP contribution in [0.15, 0.2) is 24.3 Å². The molecule has 3 rings (SSSR count). The third kappa shape index (κ3) is 5.17. The van der Waals surface area contributed by atoms with E-state index < -0.39 is 0 Å². The summed E-state index contributed by atoms with van der Waals surface area (Å²) in [6, 6.07) is 8.02. The van der Waals surface area contributed by atoms with Crippen LogP contribution in [-0.2, 0) is 9.53 Å². The fourth-order valence-electron chi connectivity index (χ4n) is 3.63. The van der Waals surface area contributed by atoms with Gasteiger partial charge in [0.2, 0.25) is 5.91 Å². The minimum Gasteiger partial charge on any atom is -0.393 e. The Hall–Kier alpha value is -1.63. The summed E-state index contributed by atoms with van der Waals surface area (Å²) in [6.07, 6.45) is 1.74. The number of benzene rings is 1. The molecule has 2 aliphatic rings. The number of morpholine rings is 1. The summed E-state index contributed by atoms with van der Waals surface area (Å²) in [6.45, 7) is 7.90. The minimum atomic E-state index is -0.211. The van der Waals surface area contributed by atoms with Crippen LogP contribution in [0.1, 0.15) is 26.7 Å². The van der Waals surface area contributed by atoms with Gasteiger partial charge in [-0.3, -0.25) is 9.69 Å². The van der Waals surface area contributed by atoms with Crippen LogP contribution in [0.5, 0.6) is 0 Å². The molecule has 0 aliphatic carbocycles. The van der Waals surface area contributed by atoms with Crippen LogP contribution in [0, 0.1) is 0 Å². The van der Waals surface area contributed by atoms with Crippen LogP contribution in [0.2, 0.25) is 0 Å². The van der Waals surface area contributed by atoms with E-state index in [4.69, 9.17) is 4.74 Å². The smallest absolute Gasteiger partial charge is 0.238 e. The number of piperidine rings is 1. The second-order valence-electron chi connectivity index (χ2n) is 7.26. The molecular formula is C19H29N3O3. The Morgan fingerprint density at radius 2 is 1.76 bits per heavy atom. The Morgan fingerprint density at radius 1 is 1.16 bits per heavy atom. The highest BCUT2D eigenvalue weighted by Crippen LogP contribution is 2.22. The third-order valence-electron chi connectivity index (χ3n) is 4.86. The Bertz CT molecular complexity index is 560. The molecule has 1 aromatic rings. The number of nitrogens with one attached hydrogen (secondary N) is 1. The number of hydrogen-bond donors (Lipinski definition) is 2. The van der Waals surface area contributed by atoms with Crippen molar-refractivity contribution in [3.05, 3.63) is 24.3 Å². The van der Waals surface area contributed by atoms with E-state index in [1.165, 1.54) is 0 Å². The molecule has 0 spiro atoms. The molecule has 0 saturated carbocycles. The Balaban J connectivity index is 1.51. The number of hydrogen-bond acceptors (Lipinski definition) is 5. The van der Waals surface area contributed by atoms with E-state index >= 15 is 0 Å². The average molecular weight is 347 g/mol. The summed E-state index contributed by atoms with van der Waals surface area (Å²) in [5, 5.41) is 12.5. The molecule has 1 amide bonds. The molecule has 6 nitrogen and oxygen atoms in total. The van der Waals surface area contributed by atoms with Gasteiger partial charge < -0.3 is 20.1 Å². The maximum Gasteiger partial charge on any atom is 0.238 e. The molecule has 25 heavy (non-hydrogen) atoms. The van der Waals surface area contributed by atoms with Crippen molar-refractivity contribution in [2.75, 3.05) is 42.9 Å². The van der Waals surface area contributed by atoms with Gasteiger partial charge >= 0.3 is 0 Å². The van der Waals surface area contributed by atoms with Crippen molar-refractivity contribution in [2.45, 2.75) is 45.0 Å². The number of anilines is 2. The number of amides is 1. The summed E-state index contributed by atoms with van der Waals surface area (Å²) in [7, 11) is 0. The van der Waals surface area contributed by atoms with Crippen LogP contribution in [-0.4, -0.2) is 66.9 Å². The maximum absolute atomic E-state index is 12.2. The van der Waals surface area contributed by atoms with Gasteiger partial charge in [-0.1, -0.05) is 0 Å². The van der Waals surface area contributed by atoms with Crippen molar-refractivity contribution >= 4 is 17.3 Å². The lowest BCUT2D eigenvalue weighted by Gasteiger charge is -2.36. The first-order valence-corrected chi connectivity index (χ1v) is 9.20. The average Bonchev–Trinajstić information content (AvgIpc) is 2.57. The quantitative estimate of drug-likeness (QED) is 0.868. The first kappa shape index (κ1) is 18.2. The molecule has 2 saturated heterocycles. The van der Waals surface area contributed by atoms with E-state index in [0.29, 0.717) is 6.54 Å². The molecular weight excluding hydrogens is 318 g/mol. The second-order valence-corrected chi connectivity index (χ2v) is 7.26. The molecule has 1 aromatic carbocycles. The number of nitrogens with zero attached hydrogens (tertiary/aromatic N) is 2. The zero-order chi connectivity index (χ0) is 17.8. The summed E-state index contributed by atoms with van der Waals surface area (Å²) in [5.41, 5.74) is 1.98. The lowest BCUT2D eigenvalue weighted by molar-refractivity contribution is -0.117. The van der Waals surface area contributed by atoms with Gasteiger partial charge in [0.05, 0.1) is 24.9 Å². The van der Waals surface area contributed by atoms with E-state index in [1.54, 1.807) is 0 Å². The maximum atomic E-state index is 12.2. The summed E-state index contributed by atoms with van der Waals surface area (Å²) in [5.74, 6) is -0.00208. The van der Waals surface area contributed by atoms with Crippen molar-refractivity contribution in [3.63, 3.8) is 0 Å². The van der Waals surface area contributed by atoms with E-state index in [1.807, 2.05) is 12.1 Å². The standard InChI is InChI=1S/C19H29N3O3/c1-14-11-22(12-15(2)25-14)17-5-3-16(4-6-17)20-19(24)13-21-9-7-18(23)8-10-21/h3-6,14-15,18,23H,7-13H2,1-2H3,(H,20,24)/t14-,15-/m1/s1. The molecule has 0 radical (unpaired) electrons. The normalized spacial score (nSPS) is 25.8. The first-order chi connectivity index (χ1) is 12.0. The molecule has 2 fully saturated rings. The van der Waals surface area contributed by atoms with Gasteiger partial charge in [0.1, 0.15) is 0 Å². The van der Waals surface area contributed by atoms with Crippen molar-refractivity contribution in [1.82, 2.24) is 4.90 Å². The monoisotopic (exact) mass is 347 g/mol. The Kier molecular flexibility index (Phi) is 5.93. The third-order valence-corrected chi connectivity index (χ3v) is 4.86. The zero-order valence-electron chi connectivity index (χ0n) is 15.1. The Morgan fingerprint density at radius 3 is 2.36 bits per heavy atom. The van der Waals surface area contributed by atoms with Crippen LogP contribution >= 0.6 is 0 Å². The SMILES string of the molecule is C[C@@H]1CN(c2ccc(NC(=O)CN3CCC(O)CC3)cc2)C[C@@H](C)O1. The lowest BCUT2D eigenvalue weighted by Crippen LogP contribution is -2.45. The van der Waals surface area contributed by atoms with Gasteiger partial charge in [0.15, 0.2) is 0 Å². The summed E-state index contributed by atoms with van der Waals surface area (Å²) < 4.78 is 5.77. The van der Waals surface area contributed by atoms with E-state index in [-0.39, 0.29) is 24.2 Å². The first-order valence-electron chi connectivity index (χ1n) is 9.20. The van der Waals surface area contributed by atoms with Gasteiger partial charge in [0, 0.05) is 37.6 Å². The van der Waals surface area contributed by atoms with Crippen molar-refractivity contribution in [2.24, 2.45) is 0 Å². The lowest BCUT2D eigenvalue weighted by atomic mass is 10.1. The number of rotatable bonds is 4. The van der Waals surface area contributed by atoms with Crippen molar-refractivity contribution in [3.8, 4) is 0 Å². The number of ether oxygens (including phenoxy) is 1. The van der Waals surface area contributed by atoms with Crippen LogP contribution in [0.25, 0.3) is 0 Å².